The quantitative estimate of drug-likeness (QED) is 0.837. The zero-order valence-corrected chi connectivity index (χ0v) is 15.8. The zero-order valence-electron chi connectivity index (χ0n) is 15.0. The Morgan fingerprint density at radius 1 is 1.12 bits per heavy atom. The number of thioether (sulfide) groups is 1. The van der Waals surface area contributed by atoms with Crippen LogP contribution in [0.4, 0.5) is 5.69 Å². The standard InChI is InChI=1S/C21H24N2O2S/c1-16-7-5-10-18(13-16)22-20(24)14-26-15-21(25)23-12-6-11-19(23)17-8-3-2-4-9-17/h2-5,7-10,13,19H,6,11-12,14-15H2,1H3,(H,22,24). The van der Waals surface area contributed by atoms with Crippen molar-refractivity contribution in [3.63, 3.8) is 0 Å². The molecular formula is C21H24N2O2S. The van der Waals surface area contributed by atoms with Crippen molar-refractivity contribution in [2.24, 2.45) is 0 Å². The maximum absolute atomic E-state index is 12.6. The number of hydrogen-bond acceptors (Lipinski definition) is 3. The first kappa shape index (κ1) is 18.5. The summed E-state index contributed by atoms with van der Waals surface area (Å²) in [6.07, 6.45) is 2.04. The minimum absolute atomic E-state index is 0.0746. The van der Waals surface area contributed by atoms with Crippen LogP contribution < -0.4 is 5.32 Å². The van der Waals surface area contributed by atoms with Crippen LogP contribution in [0.25, 0.3) is 0 Å². The number of benzene rings is 2. The van der Waals surface area contributed by atoms with Gasteiger partial charge in [-0.1, -0.05) is 42.5 Å². The van der Waals surface area contributed by atoms with Crippen molar-refractivity contribution in [1.29, 1.82) is 0 Å². The lowest BCUT2D eigenvalue weighted by Gasteiger charge is -2.25. The van der Waals surface area contributed by atoms with Crippen molar-refractivity contribution in [2.75, 3.05) is 23.4 Å². The number of aryl methyl sites for hydroxylation is 1. The Morgan fingerprint density at radius 3 is 2.69 bits per heavy atom. The maximum Gasteiger partial charge on any atom is 0.234 e. The fraction of sp³-hybridized carbons (Fsp3) is 0.333. The Hall–Kier alpha value is -2.27. The van der Waals surface area contributed by atoms with Gasteiger partial charge in [0.25, 0.3) is 0 Å². The van der Waals surface area contributed by atoms with E-state index in [0.29, 0.717) is 5.75 Å². The lowest BCUT2D eigenvalue weighted by molar-refractivity contribution is -0.129. The molecular weight excluding hydrogens is 344 g/mol. The number of hydrogen-bond donors (Lipinski definition) is 1. The molecule has 2 aromatic carbocycles. The van der Waals surface area contributed by atoms with E-state index in [9.17, 15) is 9.59 Å². The summed E-state index contributed by atoms with van der Waals surface area (Å²) in [6, 6.07) is 18.1. The summed E-state index contributed by atoms with van der Waals surface area (Å²) >= 11 is 1.37. The summed E-state index contributed by atoms with van der Waals surface area (Å²) in [5.41, 5.74) is 3.10. The molecule has 0 spiro atoms. The average molecular weight is 369 g/mol. The molecule has 3 rings (SSSR count). The van der Waals surface area contributed by atoms with E-state index >= 15 is 0 Å². The van der Waals surface area contributed by atoms with Crippen LogP contribution in [0.2, 0.25) is 0 Å². The molecule has 1 aliphatic rings. The van der Waals surface area contributed by atoms with Gasteiger partial charge in [-0.05, 0) is 43.0 Å². The minimum Gasteiger partial charge on any atom is -0.335 e. The van der Waals surface area contributed by atoms with Crippen LogP contribution in [-0.4, -0.2) is 34.8 Å². The van der Waals surface area contributed by atoms with Crippen LogP contribution in [-0.2, 0) is 9.59 Å². The van der Waals surface area contributed by atoms with E-state index in [2.05, 4.69) is 17.4 Å². The molecule has 0 aliphatic carbocycles. The lowest BCUT2D eigenvalue weighted by Crippen LogP contribution is -2.32. The first-order valence-electron chi connectivity index (χ1n) is 8.92. The molecule has 1 atom stereocenters. The molecule has 26 heavy (non-hydrogen) atoms. The molecule has 5 heteroatoms. The van der Waals surface area contributed by atoms with Gasteiger partial charge in [0, 0.05) is 12.2 Å². The molecule has 1 unspecified atom stereocenters. The summed E-state index contributed by atoms with van der Waals surface area (Å²) in [5, 5.41) is 2.88. The molecule has 0 saturated carbocycles. The molecule has 0 bridgehead atoms. The third kappa shape index (κ3) is 4.88. The van der Waals surface area contributed by atoms with Gasteiger partial charge in [0.05, 0.1) is 17.5 Å². The van der Waals surface area contributed by atoms with Crippen molar-refractivity contribution < 1.29 is 9.59 Å². The van der Waals surface area contributed by atoms with E-state index in [1.165, 1.54) is 17.3 Å². The molecule has 2 aromatic rings. The Labute approximate surface area is 159 Å². The maximum atomic E-state index is 12.6. The molecule has 2 amide bonds. The van der Waals surface area contributed by atoms with Gasteiger partial charge in [-0.3, -0.25) is 9.59 Å². The van der Waals surface area contributed by atoms with Gasteiger partial charge in [-0.2, -0.15) is 0 Å². The highest BCUT2D eigenvalue weighted by atomic mass is 32.2. The highest BCUT2D eigenvalue weighted by molar-refractivity contribution is 8.00. The fourth-order valence-corrected chi connectivity index (χ4v) is 4.02. The Morgan fingerprint density at radius 2 is 1.92 bits per heavy atom. The number of likely N-dealkylation sites (tertiary alicyclic amines) is 1. The zero-order chi connectivity index (χ0) is 18.4. The topological polar surface area (TPSA) is 49.4 Å². The van der Waals surface area contributed by atoms with Gasteiger partial charge >= 0.3 is 0 Å². The lowest BCUT2D eigenvalue weighted by atomic mass is 10.0. The summed E-state index contributed by atoms with van der Waals surface area (Å²) in [4.78, 5) is 26.6. The monoisotopic (exact) mass is 368 g/mol. The second-order valence-corrected chi connectivity index (χ2v) is 7.55. The molecule has 1 saturated heterocycles. The molecule has 1 heterocycles. The van der Waals surface area contributed by atoms with Gasteiger partial charge < -0.3 is 10.2 Å². The van der Waals surface area contributed by atoms with E-state index in [1.807, 2.05) is 54.3 Å². The van der Waals surface area contributed by atoms with Gasteiger partial charge in [-0.25, -0.2) is 0 Å². The number of amides is 2. The van der Waals surface area contributed by atoms with Gasteiger partial charge in [-0.15, -0.1) is 11.8 Å². The SMILES string of the molecule is Cc1cccc(NC(=O)CSCC(=O)N2CCCC2c2ccccc2)c1. The van der Waals surface area contributed by atoms with E-state index in [0.717, 1.165) is 30.6 Å². The second kappa shape index (κ2) is 8.90. The molecule has 1 fully saturated rings. The summed E-state index contributed by atoms with van der Waals surface area (Å²) in [7, 11) is 0. The molecule has 4 nitrogen and oxygen atoms in total. The summed E-state index contributed by atoms with van der Waals surface area (Å²) < 4.78 is 0. The van der Waals surface area contributed by atoms with Crippen LogP contribution in [0, 0.1) is 6.92 Å². The van der Waals surface area contributed by atoms with Crippen molar-refractivity contribution in [2.45, 2.75) is 25.8 Å². The smallest absolute Gasteiger partial charge is 0.234 e. The molecule has 1 N–H and O–H groups in total. The van der Waals surface area contributed by atoms with E-state index < -0.39 is 0 Å². The number of nitrogens with zero attached hydrogens (tertiary/aromatic N) is 1. The van der Waals surface area contributed by atoms with E-state index in [-0.39, 0.29) is 23.6 Å². The van der Waals surface area contributed by atoms with Crippen LogP contribution >= 0.6 is 11.8 Å². The first-order chi connectivity index (χ1) is 12.6. The van der Waals surface area contributed by atoms with E-state index in [1.54, 1.807) is 0 Å². The van der Waals surface area contributed by atoms with Crippen LogP contribution in [0.1, 0.15) is 30.0 Å². The Balaban J connectivity index is 1.47. The normalized spacial score (nSPS) is 16.5. The Bertz CT molecular complexity index is 764. The largest absolute Gasteiger partial charge is 0.335 e. The average Bonchev–Trinajstić information content (AvgIpc) is 3.12. The minimum atomic E-state index is -0.0746. The predicted molar refractivity (Wildman–Crippen MR) is 107 cm³/mol. The second-order valence-electron chi connectivity index (χ2n) is 6.57. The molecule has 136 valence electrons. The number of carbonyl (C=O) groups is 2. The predicted octanol–water partition coefficient (Wildman–Crippen LogP) is 4.03. The van der Waals surface area contributed by atoms with Crippen LogP contribution in [0.3, 0.4) is 0 Å². The van der Waals surface area contributed by atoms with Crippen molar-refractivity contribution in [3.8, 4) is 0 Å². The first-order valence-corrected chi connectivity index (χ1v) is 10.1. The van der Waals surface area contributed by atoms with Crippen molar-refractivity contribution >= 4 is 29.3 Å². The molecule has 0 radical (unpaired) electrons. The fourth-order valence-electron chi connectivity index (χ4n) is 3.32. The number of nitrogens with one attached hydrogen (secondary N) is 1. The molecule has 0 aromatic heterocycles. The van der Waals surface area contributed by atoms with Gasteiger partial charge in [0.2, 0.25) is 11.8 Å². The number of rotatable bonds is 6. The van der Waals surface area contributed by atoms with Gasteiger partial charge in [0.1, 0.15) is 0 Å². The third-order valence-corrected chi connectivity index (χ3v) is 5.44. The number of anilines is 1. The van der Waals surface area contributed by atoms with E-state index in [4.69, 9.17) is 0 Å². The highest BCUT2D eigenvalue weighted by Gasteiger charge is 2.29. The number of carbonyl (C=O) groups excluding carboxylic acids is 2. The van der Waals surface area contributed by atoms with Crippen molar-refractivity contribution in [1.82, 2.24) is 4.90 Å². The van der Waals surface area contributed by atoms with Crippen LogP contribution in [0.15, 0.2) is 54.6 Å². The van der Waals surface area contributed by atoms with Crippen molar-refractivity contribution in [3.05, 3.63) is 65.7 Å². The van der Waals surface area contributed by atoms with Gasteiger partial charge in [0.15, 0.2) is 0 Å². The summed E-state index contributed by atoms with van der Waals surface area (Å²) in [5.74, 6) is 0.660. The van der Waals surface area contributed by atoms with Crippen LogP contribution in [0.5, 0.6) is 0 Å². The Kier molecular flexibility index (Phi) is 6.34. The molecule has 1 aliphatic heterocycles. The highest BCUT2D eigenvalue weighted by Crippen LogP contribution is 2.32. The summed E-state index contributed by atoms with van der Waals surface area (Å²) in [6.45, 7) is 2.79. The third-order valence-electron chi connectivity index (χ3n) is 4.52.